The fourth-order valence-corrected chi connectivity index (χ4v) is 2.23. The van der Waals surface area contributed by atoms with Crippen molar-refractivity contribution in [1.29, 1.82) is 0 Å². The summed E-state index contributed by atoms with van der Waals surface area (Å²) in [6.07, 6.45) is 5.90. The molecule has 0 aliphatic carbocycles. The first-order valence-electron chi connectivity index (χ1n) is 6.84. The Labute approximate surface area is 115 Å². The number of nitrogens with one attached hydrogen (secondary N) is 1. The summed E-state index contributed by atoms with van der Waals surface area (Å²) >= 11 is 5.74. The van der Waals surface area contributed by atoms with Crippen molar-refractivity contribution in [1.82, 2.24) is 5.32 Å². The van der Waals surface area contributed by atoms with Crippen LogP contribution in [-0.4, -0.2) is 6.04 Å². The summed E-state index contributed by atoms with van der Waals surface area (Å²) in [4.78, 5) is 0. The molecule has 0 bridgehead atoms. The van der Waals surface area contributed by atoms with E-state index in [9.17, 15) is 4.39 Å². The van der Waals surface area contributed by atoms with Crippen LogP contribution in [0.4, 0.5) is 4.39 Å². The molecule has 102 valence electrons. The van der Waals surface area contributed by atoms with Gasteiger partial charge in [-0.05, 0) is 25.0 Å². The fourth-order valence-electron chi connectivity index (χ4n) is 2.07. The molecule has 0 saturated heterocycles. The Bertz CT molecular complexity index is 354. The molecular formula is C15H23ClFN. The minimum atomic E-state index is -0.222. The summed E-state index contributed by atoms with van der Waals surface area (Å²) in [5.74, 6) is -0.222. The van der Waals surface area contributed by atoms with Crippen LogP contribution < -0.4 is 5.32 Å². The van der Waals surface area contributed by atoms with Gasteiger partial charge in [0.2, 0.25) is 0 Å². The molecule has 0 heterocycles. The lowest BCUT2D eigenvalue weighted by Gasteiger charge is -2.18. The Hall–Kier alpha value is -0.600. The van der Waals surface area contributed by atoms with E-state index in [-0.39, 0.29) is 5.82 Å². The van der Waals surface area contributed by atoms with Crippen molar-refractivity contribution in [2.75, 3.05) is 0 Å². The normalized spacial score (nSPS) is 12.7. The van der Waals surface area contributed by atoms with E-state index in [2.05, 4.69) is 19.2 Å². The van der Waals surface area contributed by atoms with E-state index in [1.54, 1.807) is 12.1 Å². The van der Waals surface area contributed by atoms with Gasteiger partial charge < -0.3 is 5.32 Å². The summed E-state index contributed by atoms with van der Waals surface area (Å²) in [5.41, 5.74) is 0.692. The van der Waals surface area contributed by atoms with E-state index in [4.69, 9.17) is 11.6 Å². The van der Waals surface area contributed by atoms with Crippen LogP contribution >= 0.6 is 11.6 Å². The van der Waals surface area contributed by atoms with Gasteiger partial charge in [-0.2, -0.15) is 0 Å². The molecule has 1 atom stereocenters. The van der Waals surface area contributed by atoms with Crippen molar-refractivity contribution < 1.29 is 4.39 Å². The van der Waals surface area contributed by atoms with Gasteiger partial charge in [-0.15, -0.1) is 0 Å². The predicted molar refractivity (Wildman–Crippen MR) is 76.5 cm³/mol. The highest BCUT2D eigenvalue weighted by molar-refractivity contribution is 6.30. The molecular weight excluding hydrogens is 249 g/mol. The molecule has 1 nitrogen and oxygen atoms in total. The number of halogens is 2. The Morgan fingerprint density at radius 2 is 2.00 bits per heavy atom. The molecule has 0 amide bonds. The van der Waals surface area contributed by atoms with Crippen LogP contribution in [0.2, 0.25) is 5.02 Å². The van der Waals surface area contributed by atoms with E-state index in [1.807, 2.05) is 0 Å². The summed E-state index contributed by atoms with van der Waals surface area (Å²) < 4.78 is 13.6. The highest BCUT2D eigenvalue weighted by Crippen LogP contribution is 2.15. The molecule has 0 saturated carbocycles. The van der Waals surface area contributed by atoms with Crippen molar-refractivity contribution >= 4 is 11.6 Å². The van der Waals surface area contributed by atoms with Gasteiger partial charge in [0, 0.05) is 23.2 Å². The Kier molecular flexibility index (Phi) is 7.29. The fraction of sp³-hybridized carbons (Fsp3) is 0.600. The maximum atomic E-state index is 13.6. The summed E-state index contributed by atoms with van der Waals surface area (Å²) in [6, 6.07) is 5.36. The van der Waals surface area contributed by atoms with E-state index in [0.717, 1.165) is 12.8 Å². The number of hydrogen-bond donors (Lipinski definition) is 1. The highest BCUT2D eigenvalue weighted by Gasteiger charge is 2.08. The third-order valence-corrected chi connectivity index (χ3v) is 3.37. The minimum absolute atomic E-state index is 0.222. The molecule has 1 aromatic carbocycles. The van der Waals surface area contributed by atoms with E-state index < -0.39 is 0 Å². The predicted octanol–water partition coefficient (Wildman–Crippen LogP) is 4.93. The maximum absolute atomic E-state index is 13.6. The molecule has 1 rings (SSSR count). The Morgan fingerprint density at radius 3 is 2.61 bits per heavy atom. The topological polar surface area (TPSA) is 12.0 Å². The third-order valence-electron chi connectivity index (χ3n) is 3.14. The van der Waals surface area contributed by atoms with Crippen LogP contribution in [0.15, 0.2) is 18.2 Å². The van der Waals surface area contributed by atoms with Gasteiger partial charge in [-0.3, -0.25) is 0 Å². The van der Waals surface area contributed by atoms with E-state index >= 15 is 0 Å². The smallest absolute Gasteiger partial charge is 0.129 e. The molecule has 0 spiro atoms. The first-order chi connectivity index (χ1) is 8.67. The molecule has 0 aliphatic heterocycles. The van der Waals surface area contributed by atoms with Crippen LogP contribution in [-0.2, 0) is 6.54 Å². The second kappa shape index (κ2) is 8.49. The molecule has 0 aliphatic rings. The van der Waals surface area contributed by atoms with E-state index in [0.29, 0.717) is 23.2 Å². The lowest BCUT2D eigenvalue weighted by molar-refractivity contribution is 0.429. The average Bonchev–Trinajstić information content (AvgIpc) is 2.34. The van der Waals surface area contributed by atoms with Crippen LogP contribution in [0.3, 0.4) is 0 Å². The average molecular weight is 272 g/mol. The van der Waals surface area contributed by atoms with Crippen LogP contribution in [0.5, 0.6) is 0 Å². The second-order valence-corrected chi connectivity index (χ2v) is 5.18. The minimum Gasteiger partial charge on any atom is -0.310 e. The molecule has 3 heteroatoms. The van der Waals surface area contributed by atoms with Crippen LogP contribution in [0, 0.1) is 5.82 Å². The van der Waals surface area contributed by atoms with Gasteiger partial charge >= 0.3 is 0 Å². The van der Waals surface area contributed by atoms with Crippen molar-refractivity contribution in [2.45, 2.75) is 58.5 Å². The van der Waals surface area contributed by atoms with Gasteiger partial charge in [0.05, 0.1) is 0 Å². The zero-order valence-electron chi connectivity index (χ0n) is 11.3. The lowest BCUT2D eigenvalue weighted by atomic mass is 10.0. The van der Waals surface area contributed by atoms with Crippen molar-refractivity contribution in [3.63, 3.8) is 0 Å². The van der Waals surface area contributed by atoms with Crippen molar-refractivity contribution in [3.8, 4) is 0 Å². The van der Waals surface area contributed by atoms with Crippen LogP contribution in [0.25, 0.3) is 0 Å². The number of hydrogen-bond acceptors (Lipinski definition) is 1. The third kappa shape index (κ3) is 5.36. The summed E-state index contributed by atoms with van der Waals surface area (Å²) in [5, 5.41) is 3.90. The largest absolute Gasteiger partial charge is 0.310 e. The van der Waals surface area contributed by atoms with E-state index in [1.165, 1.54) is 25.3 Å². The molecule has 1 unspecified atom stereocenters. The van der Waals surface area contributed by atoms with Crippen molar-refractivity contribution in [3.05, 3.63) is 34.6 Å². The molecule has 1 aromatic rings. The van der Waals surface area contributed by atoms with Gasteiger partial charge in [0.25, 0.3) is 0 Å². The SMILES string of the molecule is CCCCC(CCC)NCc1ccc(Cl)cc1F. The van der Waals surface area contributed by atoms with Gasteiger partial charge in [-0.25, -0.2) is 4.39 Å². The first kappa shape index (κ1) is 15.5. The van der Waals surface area contributed by atoms with Gasteiger partial charge in [-0.1, -0.05) is 50.8 Å². The Balaban J connectivity index is 2.49. The molecule has 18 heavy (non-hydrogen) atoms. The van der Waals surface area contributed by atoms with Crippen molar-refractivity contribution in [2.24, 2.45) is 0 Å². The summed E-state index contributed by atoms with van der Waals surface area (Å²) in [6.45, 7) is 4.96. The number of rotatable bonds is 8. The molecule has 1 N–H and O–H groups in total. The highest BCUT2D eigenvalue weighted by atomic mass is 35.5. The second-order valence-electron chi connectivity index (χ2n) is 4.74. The quantitative estimate of drug-likeness (QED) is 0.707. The Morgan fingerprint density at radius 1 is 1.22 bits per heavy atom. The van der Waals surface area contributed by atoms with Gasteiger partial charge in [0.1, 0.15) is 5.82 Å². The zero-order valence-corrected chi connectivity index (χ0v) is 12.1. The zero-order chi connectivity index (χ0) is 13.4. The maximum Gasteiger partial charge on any atom is 0.129 e. The lowest BCUT2D eigenvalue weighted by Crippen LogP contribution is -2.28. The van der Waals surface area contributed by atoms with Crippen LogP contribution in [0.1, 0.15) is 51.5 Å². The molecule has 0 aromatic heterocycles. The number of unbranched alkanes of at least 4 members (excludes halogenated alkanes) is 1. The molecule has 0 radical (unpaired) electrons. The standard InChI is InChI=1S/C15H23ClFN/c1-3-5-7-14(6-4-2)18-11-12-8-9-13(16)10-15(12)17/h8-10,14,18H,3-7,11H2,1-2H3. The number of benzene rings is 1. The summed E-state index contributed by atoms with van der Waals surface area (Å²) in [7, 11) is 0. The molecule has 0 fully saturated rings. The first-order valence-corrected chi connectivity index (χ1v) is 7.22. The van der Waals surface area contributed by atoms with Gasteiger partial charge in [0.15, 0.2) is 0 Å². The monoisotopic (exact) mass is 271 g/mol.